The molecular weight excluding hydrogens is 378 g/mol. The minimum Gasteiger partial charge on any atom is -0.490 e. The SMILES string of the molecule is COc1ccc(CC(=O)c2cc3ccc(Cl)cc3sc2=O)cc1[N+](=O)[O-]. The number of rotatable bonds is 5. The van der Waals surface area contributed by atoms with Gasteiger partial charge in [-0.3, -0.25) is 19.7 Å². The van der Waals surface area contributed by atoms with Crippen LogP contribution in [0.3, 0.4) is 0 Å². The fourth-order valence-electron chi connectivity index (χ4n) is 2.55. The van der Waals surface area contributed by atoms with Gasteiger partial charge >= 0.3 is 5.69 Å². The highest BCUT2D eigenvalue weighted by Crippen LogP contribution is 2.28. The number of carbonyl (C=O) groups excluding carboxylic acids is 1. The summed E-state index contributed by atoms with van der Waals surface area (Å²) in [5.41, 5.74) is 0.266. The van der Waals surface area contributed by atoms with Crippen LogP contribution in [0.1, 0.15) is 15.9 Å². The van der Waals surface area contributed by atoms with E-state index < -0.39 is 10.7 Å². The van der Waals surface area contributed by atoms with Gasteiger partial charge in [0.2, 0.25) is 4.74 Å². The van der Waals surface area contributed by atoms with Crippen LogP contribution in [0.15, 0.2) is 47.3 Å². The highest BCUT2D eigenvalue weighted by atomic mass is 35.5. The molecule has 0 amide bonds. The van der Waals surface area contributed by atoms with Crippen molar-refractivity contribution in [3.8, 4) is 5.75 Å². The van der Waals surface area contributed by atoms with E-state index in [0.717, 1.165) is 16.7 Å². The van der Waals surface area contributed by atoms with Crippen LogP contribution >= 0.6 is 22.9 Å². The van der Waals surface area contributed by atoms with Crippen molar-refractivity contribution < 1.29 is 14.5 Å². The molecule has 0 aliphatic heterocycles. The van der Waals surface area contributed by atoms with Crippen LogP contribution in [-0.2, 0) is 6.42 Å². The Kier molecular flexibility index (Phi) is 5.01. The fourth-order valence-corrected chi connectivity index (χ4v) is 3.70. The zero-order valence-corrected chi connectivity index (χ0v) is 15.1. The maximum absolute atomic E-state index is 12.6. The van der Waals surface area contributed by atoms with Crippen molar-refractivity contribution in [1.29, 1.82) is 0 Å². The summed E-state index contributed by atoms with van der Waals surface area (Å²) >= 11 is 6.86. The number of carbonyl (C=O) groups is 1. The zero-order valence-electron chi connectivity index (χ0n) is 13.5. The number of nitrogens with zero attached hydrogens (tertiary/aromatic N) is 1. The first-order chi connectivity index (χ1) is 12.4. The summed E-state index contributed by atoms with van der Waals surface area (Å²) in [5, 5.41) is 12.3. The lowest BCUT2D eigenvalue weighted by Gasteiger charge is -2.05. The standard InChI is InChI=1S/C18H12ClNO5S/c1-25-16-5-2-10(6-14(16)20(23)24)7-15(21)13-8-11-3-4-12(19)9-17(11)26-18(13)22/h2-6,8-9H,7H2,1H3. The van der Waals surface area contributed by atoms with Crippen LogP contribution in [-0.4, -0.2) is 17.8 Å². The molecule has 8 heteroatoms. The third-order valence-corrected chi connectivity index (χ3v) is 5.02. The number of ketones is 1. The Hall–Kier alpha value is -2.77. The van der Waals surface area contributed by atoms with Crippen LogP contribution in [0.5, 0.6) is 5.75 Å². The van der Waals surface area contributed by atoms with Gasteiger partial charge in [-0.15, -0.1) is 0 Å². The Balaban J connectivity index is 1.95. The molecule has 0 fully saturated rings. The summed E-state index contributed by atoms with van der Waals surface area (Å²) in [7, 11) is 1.33. The Morgan fingerprint density at radius 2 is 2.00 bits per heavy atom. The number of hydrogen-bond donors (Lipinski definition) is 0. The summed E-state index contributed by atoms with van der Waals surface area (Å²) < 4.78 is 5.27. The molecule has 1 heterocycles. The van der Waals surface area contributed by atoms with Gasteiger partial charge in [0.15, 0.2) is 11.5 Å². The maximum atomic E-state index is 12.6. The highest BCUT2D eigenvalue weighted by Gasteiger charge is 2.18. The van der Waals surface area contributed by atoms with Crippen molar-refractivity contribution in [3.05, 3.63) is 78.3 Å². The summed E-state index contributed by atoms with van der Waals surface area (Å²) in [6.07, 6.45) is -0.119. The van der Waals surface area contributed by atoms with Crippen LogP contribution in [0.4, 0.5) is 5.69 Å². The molecule has 132 valence electrons. The lowest BCUT2D eigenvalue weighted by Crippen LogP contribution is -2.14. The van der Waals surface area contributed by atoms with Crippen molar-refractivity contribution in [2.75, 3.05) is 7.11 Å². The van der Waals surface area contributed by atoms with Crippen LogP contribution in [0.25, 0.3) is 10.1 Å². The highest BCUT2D eigenvalue weighted by molar-refractivity contribution is 7.16. The molecule has 0 saturated heterocycles. The molecule has 0 aliphatic rings. The van der Waals surface area contributed by atoms with Crippen molar-refractivity contribution in [1.82, 2.24) is 0 Å². The Labute approximate surface area is 156 Å². The summed E-state index contributed by atoms with van der Waals surface area (Å²) in [6.45, 7) is 0. The van der Waals surface area contributed by atoms with E-state index in [2.05, 4.69) is 0 Å². The second-order valence-electron chi connectivity index (χ2n) is 5.49. The van der Waals surface area contributed by atoms with E-state index in [1.807, 2.05) is 0 Å². The molecule has 6 nitrogen and oxygen atoms in total. The van der Waals surface area contributed by atoms with Gasteiger partial charge in [-0.05, 0) is 35.2 Å². The Morgan fingerprint density at radius 3 is 2.69 bits per heavy atom. The first-order valence-corrected chi connectivity index (χ1v) is 8.66. The average Bonchev–Trinajstić information content (AvgIpc) is 2.60. The molecule has 3 rings (SSSR count). The maximum Gasteiger partial charge on any atom is 0.311 e. The van der Waals surface area contributed by atoms with Crippen molar-refractivity contribution in [2.24, 2.45) is 0 Å². The minimum atomic E-state index is -0.576. The molecule has 2 aromatic carbocycles. The monoisotopic (exact) mass is 389 g/mol. The van der Waals surface area contributed by atoms with E-state index in [0.29, 0.717) is 15.3 Å². The van der Waals surface area contributed by atoms with Gasteiger partial charge in [-0.1, -0.05) is 35.1 Å². The number of halogens is 1. The number of nitro groups is 1. The molecule has 3 aromatic rings. The third kappa shape index (κ3) is 3.58. The number of benzene rings is 2. The number of fused-ring (bicyclic) bond motifs is 1. The molecule has 0 radical (unpaired) electrons. The lowest BCUT2D eigenvalue weighted by molar-refractivity contribution is -0.385. The molecular formula is C18H12ClNO5S. The van der Waals surface area contributed by atoms with E-state index in [-0.39, 0.29) is 28.2 Å². The minimum absolute atomic E-state index is 0.0586. The molecule has 0 N–H and O–H groups in total. The first-order valence-electron chi connectivity index (χ1n) is 7.47. The number of hydrogen-bond acceptors (Lipinski definition) is 6. The van der Waals surface area contributed by atoms with Gasteiger partial charge in [0, 0.05) is 22.2 Å². The Morgan fingerprint density at radius 1 is 1.23 bits per heavy atom. The molecule has 1 aromatic heterocycles. The number of Topliss-reactive ketones (excluding diaryl/α,β-unsaturated/α-hetero) is 1. The van der Waals surface area contributed by atoms with Gasteiger partial charge in [-0.25, -0.2) is 0 Å². The van der Waals surface area contributed by atoms with Crippen molar-refractivity contribution in [3.63, 3.8) is 0 Å². The van der Waals surface area contributed by atoms with Gasteiger partial charge in [0.25, 0.3) is 0 Å². The van der Waals surface area contributed by atoms with E-state index in [9.17, 15) is 19.7 Å². The smallest absolute Gasteiger partial charge is 0.311 e. The zero-order chi connectivity index (χ0) is 18.8. The first kappa shape index (κ1) is 18.0. The van der Waals surface area contributed by atoms with E-state index in [4.69, 9.17) is 16.3 Å². The molecule has 0 bridgehead atoms. The molecule has 0 spiro atoms. The second-order valence-corrected chi connectivity index (χ2v) is 6.94. The summed E-state index contributed by atoms with van der Waals surface area (Å²) in [4.78, 5) is 35.4. The van der Waals surface area contributed by atoms with Gasteiger partial charge in [0.1, 0.15) is 0 Å². The predicted octanol–water partition coefficient (Wildman–Crippen LogP) is 4.26. The van der Waals surface area contributed by atoms with Gasteiger partial charge < -0.3 is 4.74 Å². The Bertz CT molecular complexity index is 1090. The van der Waals surface area contributed by atoms with Crippen LogP contribution in [0.2, 0.25) is 5.02 Å². The molecule has 0 saturated carbocycles. The predicted molar refractivity (Wildman–Crippen MR) is 101 cm³/mol. The largest absolute Gasteiger partial charge is 0.490 e. The molecule has 26 heavy (non-hydrogen) atoms. The van der Waals surface area contributed by atoms with E-state index in [1.165, 1.54) is 25.3 Å². The molecule has 0 aliphatic carbocycles. The summed E-state index contributed by atoms with van der Waals surface area (Å²) in [5.74, 6) is -0.289. The van der Waals surface area contributed by atoms with E-state index >= 15 is 0 Å². The van der Waals surface area contributed by atoms with Gasteiger partial charge in [-0.2, -0.15) is 0 Å². The number of nitro benzene ring substituents is 1. The van der Waals surface area contributed by atoms with Gasteiger partial charge in [0.05, 0.1) is 17.6 Å². The number of methoxy groups -OCH3 is 1. The fraction of sp³-hybridized carbons (Fsp3) is 0.111. The van der Waals surface area contributed by atoms with Crippen LogP contribution in [0, 0.1) is 10.1 Å². The quantitative estimate of drug-likeness (QED) is 0.369. The van der Waals surface area contributed by atoms with Crippen molar-refractivity contribution in [2.45, 2.75) is 6.42 Å². The van der Waals surface area contributed by atoms with Crippen molar-refractivity contribution >= 4 is 44.5 Å². The molecule has 0 unspecified atom stereocenters. The summed E-state index contributed by atoms with van der Waals surface area (Å²) in [6, 6.07) is 10.9. The van der Waals surface area contributed by atoms with E-state index in [1.54, 1.807) is 24.3 Å². The number of ether oxygens (including phenoxy) is 1. The topological polar surface area (TPSA) is 86.5 Å². The average molecular weight is 390 g/mol. The second kappa shape index (κ2) is 7.23. The molecule has 0 atom stereocenters. The lowest BCUT2D eigenvalue weighted by atomic mass is 10.0. The normalized spacial score (nSPS) is 10.7. The van der Waals surface area contributed by atoms with Crippen LogP contribution < -0.4 is 9.48 Å². The third-order valence-electron chi connectivity index (χ3n) is 3.80.